The summed E-state index contributed by atoms with van der Waals surface area (Å²) < 4.78 is 5.18. The van der Waals surface area contributed by atoms with E-state index in [0.29, 0.717) is 0 Å². The van der Waals surface area contributed by atoms with Gasteiger partial charge in [0.15, 0.2) is 5.76 Å². The molecule has 0 fully saturated rings. The normalized spacial score (nSPS) is 21.0. The minimum absolute atomic E-state index is 0.210. The van der Waals surface area contributed by atoms with Crippen molar-refractivity contribution < 1.29 is 4.74 Å². The minimum atomic E-state index is 0.210. The Morgan fingerprint density at radius 1 is 1.50 bits per heavy atom. The van der Waals surface area contributed by atoms with Crippen molar-refractivity contribution in [3.05, 3.63) is 29.2 Å². The second-order valence-corrected chi connectivity index (χ2v) is 3.90. The van der Waals surface area contributed by atoms with E-state index in [2.05, 4.69) is 38.7 Å². The Morgan fingerprint density at radius 3 is 2.75 bits per heavy atom. The molecule has 0 aromatic carbocycles. The molecule has 1 aliphatic carbocycles. The Kier molecular flexibility index (Phi) is 2.44. The molecule has 0 unspecified atom stereocenters. The molecule has 0 bridgehead atoms. The van der Waals surface area contributed by atoms with E-state index in [1.54, 1.807) is 7.11 Å². The number of rotatable bonds is 1. The van der Waals surface area contributed by atoms with Gasteiger partial charge in [0.05, 0.1) is 7.11 Å². The van der Waals surface area contributed by atoms with Gasteiger partial charge in [0.1, 0.15) is 0 Å². The molecule has 1 aliphatic rings. The maximum Gasteiger partial charge on any atom is 0.164 e. The molecule has 0 aromatic heterocycles. The van der Waals surface area contributed by atoms with Crippen molar-refractivity contribution in [2.24, 2.45) is 5.41 Å². The molecular weight excluding hydrogens is 148 g/mol. The highest BCUT2D eigenvalue weighted by molar-refractivity contribution is 5.26. The fourth-order valence-electron chi connectivity index (χ4n) is 1.16. The van der Waals surface area contributed by atoms with Crippen LogP contribution in [0.5, 0.6) is 0 Å². The molecule has 1 nitrogen and oxygen atoms in total. The summed E-state index contributed by atoms with van der Waals surface area (Å²) in [4.78, 5) is 0. The van der Waals surface area contributed by atoms with Gasteiger partial charge < -0.3 is 4.74 Å². The molecule has 0 saturated heterocycles. The van der Waals surface area contributed by atoms with Crippen LogP contribution in [0.2, 0.25) is 0 Å². The zero-order valence-electron chi connectivity index (χ0n) is 8.27. The average Bonchev–Trinajstić information content (AvgIpc) is 2.13. The van der Waals surface area contributed by atoms with Gasteiger partial charge in [-0.05, 0) is 30.4 Å². The van der Waals surface area contributed by atoms with E-state index in [9.17, 15) is 0 Å². The molecular formula is C11H16O. The van der Waals surface area contributed by atoms with E-state index >= 15 is 0 Å². The van der Waals surface area contributed by atoms with Crippen LogP contribution in [0.3, 0.4) is 0 Å². The van der Waals surface area contributed by atoms with E-state index in [0.717, 1.165) is 12.2 Å². The third-order valence-corrected chi connectivity index (χ3v) is 2.09. The number of ether oxygens (including phenoxy) is 1. The highest BCUT2D eigenvalue weighted by Gasteiger charge is 2.15. The standard InChI is InChI=1S/C11H16O/c1-9-5-7-11(2,3)8-6-10(9)12-4/h5,8H,7H2,1-4H3. The van der Waals surface area contributed by atoms with Gasteiger partial charge in [0, 0.05) is 0 Å². The van der Waals surface area contributed by atoms with Crippen LogP contribution in [-0.4, -0.2) is 7.11 Å². The van der Waals surface area contributed by atoms with Gasteiger partial charge in [-0.2, -0.15) is 0 Å². The van der Waals surface area contributed by atoms with Crippen molar-refractivity contribution >= 4 is 0 Å². The largest absolute Gasteiger partial charge is 0.489 e. The van der Waals surface area contributed by atoms with Crippen LogP contribution in [0.15, 0.2) is 29.2 Å². The molecule has 1 heteroatoms. The van der Waals surface area contributed by atoms with Gasteiger partial charge in [-0.25, -0.2) is 0 Å². The molecule has 0 saturated carbocycles. The molecule has 0 radical (unpaired) electrons. The fourth-order valence-corrected chi connectivity index (χ4v) is 1.16. The molecule has 0 aromatic rings. The van der Waals surface area contributed by atoms with Crippen molar-refractivity contribution in [3.63, 3.8) is 0 Å². The van der Waals surface area contributed by atoms with Crippen LogP contribution < -0.4 is 0 Å². The topological polar surface area (TPSA) is 9.23 Å². The van der Waals surface area contributed by atoms with Crippen LogP contribution in [0.4, 0.5) is 0 Å². The highest BCUT2D eigenvalue weighted by atomic mass is 16.5. The van der Waals surface area contributed by atoms with E-state index < -0.39 is 0 Å². The Balaban J connectivity index is 3.05. The third kappa shape index (κ3) is 2.02. The summed E-state index contributed by atoms with van der Waals surface area (Å²) in [5, 5.41) is 0. The first kappa shape index (κ1) is 9.15. The Hall–Kier alpha value is -0.940. The van der Waals surface area contributed by atoms with Crippen molar-refractivity contribution in [1.29, 1.82) is 0 Å². The summed E-state index contributed by atoms with van der Waals surface area (Å²) in [6.45, 7) is 6.45. The first-order valence-electron chi connectivity index (χ1n) is 4.24. The summed E-state index contributed by atoms with van der Waals surface area (Å²) in [6, 6.07) is 0. The SMILES string of the molecule is COC1=C=CC(C)(C)CC=C1C. The van der Waals surface area contributed by atoms with E-state index in [4.69, 9.17) is 4.74 Å². The average molecular weight is 164 g/mol. The van der Waals surface area contributed by atoms with Crippen LogP contribution >= 0.6 is 0 Å². The molecule has 12 heavy (non-hydrogen) atoms. The molecule has 66 valence electrons. The first-order chi connectivity index (χ1) is 5.55. The summed E-state index contributed by atoms with van der Waals surface area (Å²) in [5.41, 5.74) is 4.56. The predicted molar refractivity (Wildman–Crippen MR) is 50.8 cm³/mol. The van der Waals surface area contributed by atoms with Gasteiger partial charge in [-0.15, -0.1) is 0 Å². The molecule has 0 heterocycles. The second-order valence-electron chi connectivity index (χ2n) is 3.90. The summed E-state index contributed by atoms with van der Waals surface area (Å²) >= 11 is 0. The minimum Gasteiger partial charge on any atom is -0.489 e. The summed E-state index contributed by atoms with van der Waals surface area (Å²) in [5.74, 6) is 0.862. The quantitative estimate of drug-likeness (QED) is 0.541. The third-order valence-electron chi connectivity index (χ3n) is 2.09. The van der Waals surface area contributed by atoms with Crippen molar-refractivity contribution in [3.8, 4) is 0 Å². The van der Waals surface area contributed by atoms with E-state index in [-0.39, 0.29) is 5.41 Å². The maximum absolute atomic E-state index is 5.18. The van der Waals surface area contributed by atoms with E-state index in [1.165, 1.54) is 5.57 Å². The molecule has 1 rings (SSSR count). The Labute approximate surface area is 74.4 Å². The molecule has 0 amide bonds. The fraction of sp³-hybridized carbons (Fsp3) is 0.545. The zero-order chi connectivity index (χ0) is 9.19. The lowest BCUT2D eigenvalue weighted by atomic mass is 9.90. The van der Waals surface area contributed by atoms with Crippen LogP contribution in [-0.2, 0) is 4.74 Å². The first-order valence-corrected chi connectivity index (χ1v) is 4.24. The summed E-state index contributed by atoms with van der Waals surface area (Å²) in [6.07, 6.45) is 5.34. The van der Waals surface area contributed by atoms with Crippen molar-refractivity contribution in [1.82, 2.24) is 0 Å². The van der Waals surface area contributed by atoms with Crippen LogP contribution in [0, 0.1) is 5.41 Å². The number of hydrogen-bond acceptors (Lipinski definition) is 1. The van der Waals surface area contributed by atoms with Gasteiger partial charge in [-0.1, -0.05) is 25.7 Å². The lowest BCUT2D eigenvalue weighted by Crippen LogP contribution is -2.03. The molecule has 0 spiro atoms. The number of hydrogen-bond donors (Lipinski definition) is 0. The Bertz CT molecular complexity index is 263. The van der Waals surface area contributed by atoms with Crippen LogP contribution in [0.1, 0.15) is 27.2 Å². The van der Waals surface area contributed by atoms with Crippen molar-refractivity contribution in [2.45, 2.75) is 27.2 Å². The Morgan fingerprint density at radius 2 is 2.17 bits per heavy atom. The number of allylic oxidation sites excluding steroid dienone is 2. The predicted octanol–water partition coefficient (Wildman–Crippen LogP) is 3.05. The zero-order valence-corrected chi connectivity index (χ0v) is 8.27. The maximum atomic E-state index is 5.18. The number of methoxy groups -OCH3 is 1. The lowest BCUT2D eigenvalue weighted by Gasteiger charge is -2.14. The van der Waals surface area contributed by atoms with Crippen molar-refractivity contribution in [2.75, 3.05) is 7.11 Å². The molecule has 0 atom stereocenters. The second kappa shape index (κ2) is 3.20. The van der Waals surface area contributed by atoms with Crippen LogP contribution in [0.25, 0.3) is 0 Å². The van der Waals surface area contributed by atoms with Gasteiger partial charge in [0.25, 0.3) is 0 Å². The lowest BCUT2D eigenvalue weighted by molar-refractivity contribution is 0.302. The van der Waals surface area contributed by atoms with Gasteiger partial charge in [-0.3, -0.25) is 0 Å². The smallest absolute Gasteiger partial charge is 0.164 e. The summed E-state index contributed by atoms with van der Waals surface area (Å²) in [7, 11) is 1.69. The molecule has 0 aliphatic heterocycles. The highest BCUT2D eigenvalue weighted by Crippen LogP contribution is 2.27. The van der Waals surface area contributed by atoms with Gasteiger partial charge in [0.2, 0.25) is 0 Å². The van der Waals surface area contributed by atoms with E-state index in [1.807, 2.05) is 0 Å². The molecule has 0 N–H and O–H groups in total. The van der Waals surface area contributed by atoms with Gasteiger partial charge >= 0.3 is 0 Å². The monoisotopic (exact) mass is 164 g/mol.